The van der Waals surface area contributed by atoms with E-state index in [1.807, 2.05) is 0 Å². The number of carboxylic acids is 1. The maximum absolute atomic E-state index is 12.9. The van der Waals surface area contributed by atoms with Gasteiger partial charge in [-0.15, -0.1) is 0 Å². The summed E-state index contributed by atoms with van der Waals surface area (Å²) in [5.74, 6) is -1.18. The van der Waals surface area contributed by atoms with Gasteiger partial charge in [-0.05, 0) is 47.7 Å². The molecule has 1 aliphatic carbocycles. The third-order valence-electron chi connectivity index (χ3n) is 4.39. The maximum Gasteiger partial charge on any atom is 0.339 e. The monoisotopic (exact) mass is 343 g/mol. The number of carbonyl (C=O) groups excluding carboxylic acids is 1. The Hall–Kier alpha value is -2.89. The van der Waals surface area contributed by atoms with Gasteiger partial charge in [-0.3, -0.25) is 4.79 Å². The average Bonchev–Trinajstić information content (AvgIpc) is 3.40. The van der Waals surface area contributed by atoms with E-state index in [1.54, 1.807) is 24.3 Å². The Morgan fingerprint density at radius 1 is 1.24 bits per heavy atom. The zero-order valence-electron chi connectivity index (χ0n) is 13.7. The van der Waals surface area contributed by atoms with E-state index in [9.17, 15) is 19.1 Å². The number of carboxylic acid groups (broad SMARTS) is 1. The molecule has 0 spiro atoms. The van der Waals surface area contributed by atoms with E-state index in [2.05, 4.69) is 5.32 Å². The van der Waals surface area contributed by atoms with Gasteiger partial charge in [0.25, 0.3) is 0 Å². The summed E-state index contributed by atoms with van der Waals surface area (Å²) < 4.78 is 18.0. The number of aromatic carboxylic acids is 1. The van der Waals surface area contributed by atoms with Gasteiger partial charge in [-0.2, -0.15) is 0 Å². The fraction of sp³-hybridized carbons (Fsp3) is 0.263. The molecule has 0 heterocycles. The summed E-state index contributed by atoms with van der Waals surface area (Å²) in [5, 5.41) is 12.0. The molecule has 2 aromatic rings. The number of halogens is 1. The zero-order valence-corrected chi connectivity index (χ0v) is 13.7. The van der Waals surface area contributed by atoms with Gasteiger partial charge in [0.2, 0.25) is 5.91 Å². The first-order valence-corrected chi connectivity index (χ1v) is 7.93. The van der Waals surface area contributed by atoms with Crippen molar-refractivity contribution < 1.29 is 23.8 Å². The van der Waals surface area contributed by atoms with Crippen LogP contribution in [0.5, 0.6) is 5.75 Å². The molecule has 1 amide bonds. The molecule has 2 N–H and O–H groups in total. The summed E-state index contributed by atoms with van der Waals surface area (Å²) in [6, 6.07) is 11.0. The second-order valence-corrected chi connectivity index (χ2v) is 6.06. The largest absolute Gasteiger partial charge is 0.496 e. The minimum Gasteiger partial charge on any atom is -0.496 e. The van der Waals surface area contributed by atoms with Crippen LogP contribution in [-0.4, -0.2) is 24.1 Å². The number of benzene rings is 2. The number of rotatable bonds is 6. The Kier molecular flexibility index (Phi) is 4.70. The van der Waals surface area contributed by atoms with Crippen molar-refractivity contribution in [3.8, 4) is 5.75 Å². The molecule has 5 nitrogen and oxygen atoms in total. The van der Waals surface area contributed by atoms with Gasteiger partial charge in [0.05, 0.1) is 7.11 Å². The second kappa shape index (κ2) is 6.93. The predicted octanol–water partition coefficient (Wildman–Crippen LogP) is 2.95. The molecule has 0 aliphatic heterocycles. The average molecular weight is 343 g/mol. The van der Waals surface area contributed by atoms with Crippen LogP contribution in [-0.2, 0) is 11.3 Å². The van der Waals surface area contributed by atoms with Crippen LogP contribution in [0.1, 0.15) is 33.8 Å². The molecule has 130 valence electrons. The van der Waals surface area contributed by atoms with Gasteiger partial charge in [0, 0.05) is 12.5 Å². The summed E-state index contributed by atoms with van der Waals surface area (Å²) in [4.78, 5) is 23.5. The van der Waals surface area contributed by atoms with Crippen LogP contribution < -0.4 is 10.1 Å². The molecule has 1 aliphatic rings. The van der Waals surface area contributed by atoms with Crippen molar-refractivity contribution in [3.63, 3.8) is 0 Å². The van der Waals surface area contributed by atoms with Crippen molar-refractivity contribution in [1.29, 1.82) is 0 Å². The highest BCUT2D eigenvalue weighted by atomic mass is 19.1. The van der Waals surface area contributed by atoms with E-state index in [0.717, 1.165) is 12.0 Å². The molecule has 6 heteroatoms. The van der Waals surface area contributed by atoms with Crippen LogP contribution in [0.4, 0.5) is 4.39 Å². The zero-order chi connectivity index (χ0) is 18.0. The number of nitrogens with one attached hydrogen (secondary N) is 1. The van der Waals surface area contributed by atoms with Crippen LogP contribution in [0, 0.1) is 11.7 Å². The number of methoxy groups -OCH3 is 1. The van der Waals surface area contributed by atoms with E-state index < -0.39 is 5.97 Å². The molecule has 0 bridgehead atoms. The highest BCUT2D eigenvalue weighted by Crippen LogP contribution is 2.47. The Morgan fingerprint density at radius 2 is 1.96 bits per heavy atom. The van der Waals surface area contributed by atoms with E-state index in [-0.39, 0.29) is 41.4 Å². The van der Waals surface area contributed by atoms with Crippen molar-refractivity contribution in [2.75, 3.05) is 7.11 Å². The van der Waals surface area contributed by atoms with E-state index in [4.69, 9.17) is 4.74 Å². The number of amides is 1. The van der Waals surface area contributed by atoms with E-state index >= 15 is 0 Å². The SMILES string of the molecule is COc1ccc(CNC(=O)[C@@H]2C[C@H]2c2ccc(F)cc2)cc1C(=O)O. The Labute approximate surface area is 144 Å². The fourth-order valence-corrected chi connectivity index (χ4v) is 2.92. The maximum atomic E-state index is 12.9. The normalized spacial score (nSPS) is 18.5. The first-order valence-electron chi connectivity index (χ1n) is 7.93. The van der Waals surface area contributed by atoms with Gasteiger partial charge < -0.3 is 15.2 Å². The van der Waals surface area contributed by atoms with Crippen LogP contribution >= 0.6 is 0 Å². The highest BCUT2D eigenvalue weighted by molar-refractivity contribution is 5.91. The highest BCUT2D eigenvalue weighted by Gasteiger charge is 2.43. The van der Waals surface area contributed by atoms with Gasteiger partial charge in [0.15, 0.2) is 0 Å². The Bertz CT molecular complexity index is 804. The lowest BCUT2D eigenvalue weighted by molar-refractivity contribution is -0.122. The topological polar surface area (TPSA) is 75.6 Å². The lowest BCUT2D eigenvalue weighted by atomic mass is 10.1. The van der Waals surface area contributed by atoms with Crippen molar-refractivity contribution in [3.05, 3.63) is 65.0 Å². The minimum absolute atomic E-state index is 0.0601. The van der Waals surface area contributed by atoms with Crippen molar-refractivity contribution in [2.24, 2.45) is 5.92 Å². The first kappa shape index (κ1) is 17.0. The molecule has 0 saturated heterocycles. The predicted molar refractivity (Wildman–Crippen MR) is 89.0 cm³/mol. The number of ether oxygens (including phenoxy) is 1. The van der Waals surface area contributed by atoms with Gasteiger partial charge in [-0.1, -0.05) is 18.2 Å². The van der Waals surface area contributed by atoms with Gasteiger partial charge in [0.1, 0.15) is 17.1 Å². The standard InChI is InChI=1S/C19H18FNO4/c1-25-17-7-2-11(8-16(17)19(23)24)10-21-18(22)15-9-14(15)12-3-5-13(20)6-4-12/h2-8,14-15H,9-10H2,1H3,(H,21,22)(H,23,24)/t14-,15+/m0/s1. The third kappa shape index (κ3) is 3.79. The summed E-state index contributed by atoms with van der Waals surface area (Å²) in [5.41, 5.74) is 1.70. The molecular weight excluding hydrogens is 325 g/mol. The molecule has 2 aromatic carbocycles. The summed E-state index contributed by atoms with van der Waals surface area (Å²) in [6.07, 6.45) is 0.737. The van der Waals surface area contributed by atoms with Crippen LogP contribution in [0.2, 0.25) is 0 Å². The number of hydrogen-bond donors (Lipinski definition) is 2. The lowest BCUT2D eigenvalue weighted by Gasteiger charge is -2.09. The second-order valence-electron chi connectivity index (χ2n) is 6.06. The third-order valence-corrected chi connectivity index (χ3v) is 4.39. The number of carbonyl (C=O) groups is 2. The van der Waals surface area contributed by atoms with E-state index in [1.165, 1.54) is 25.3 Å². The summed E-state index contributed by atoms with van der Waals surface area (Å²) >= 11 is 0. The lowest BCUT2D eigenvalue weighted by Crippen LogP contribution is -2.25. The van der Waals surface area contributed by atoms with E-state index in [0.29, 0.717) is 5.56 Å². The van der Waals surface area contributed by atoms with Crippen molar-refractivity contribution >= 4 is 11.9 Å². The van der Waals surface area contributed by atoms with Gasteiger partial charge in [-0.25, -0.2) is 9.18 Å². The molecule has 0 aromatic heterocycles. The minimum atomic E-state index is -1.08. The first-order chi connectivity index (χ1) is 12.0. The van der Waals surface area contributed by atoms with Crippen LogP contribution in [0.15, 0.2) is 42.5 Å². The molecule has 1 saturated carbocycles. The molecule has 25 heavy (non-hydrogen) atoms. The summed E-state index contributed by atoms with van der Waals surface area (Å²) in [7, 11) is 1.41. The van der Waals surface area contributed by atoms with Crippen molar-refractivity contribution in [2.45, 2.75) is 18.9 Å². The molecule has 3 rings (SSSR count). The molecule has 0 unspecified atom stereocenters. The van der Waals surface area contributed by atoms with Crippen molar-refractivity contribution in [1.82, 2.24) is 5.32 Å². The summed E-state index contributed by atoms with van der Waals surface area (Å²) in [6.45, 7) is 0.246. The molecule has 1 fully saturated rings. The molecule has 2 atom stereocenters. The van der Waals surface area contributed by atoms with Crippen LogP contribution in [0.25, 0.3) is 0 Å². The quantitative estimate of drug-likeness (QED) is 0.845. The Morgan fingerprint density at radius 3 is 2.60 bits per heavy atom. The smallest absolute Gasteiger partial charge is 0.339 e. The van der Waals surface area contributed by atoms with Crippen LogP contribution in [0.3, 0.4) is 0 Å². The fourth-order valence-electron chi connectivity index (χ4n) is 2.92. The molecular formula is C19H18FNO4. The molecule has 0 radical (unpaired) electrons. The van der Waals surface area contributed by atoms with Gasteiger partial charge >= 0.3 is 5.97 Å². The Balaban J connectivity index is 1.59. The number of hydrogen-bond acceptors (Lipinski definition) is 3.